The van der Waals surface area contributed by atoms with Crippen molar-refractivity contribution in [2.75, 3.05) is 5.32 Å². The Hall–Kier alpha value is -1.56. The molecule has 0 spiro atoms. The molecule has 16 heavy (non-hydrogen) atoms. The number of sulfone groups is 1. The van der Waals surface area contributed by atoms with Gasteiger partial charge < -0.3 is 5.11 Å². The summed E-state index contributed by atoms with van der Waals surface area (Å²) in [5.74, 6) is 0. The summed E-state index contributed by atoms with van der Waals surface area (Å²) in [6, 6.07) is 5.94. The van der Waals surface area contributed by atoms with Crippen LogP contribution in [0.1, 0.15) is 13.8 Å². The molecule has 0 bridgehead atoms. The summed E-state index contributed by atoms with van der Waals surface area (Å²) >= 11 is 0. The predicted octanol–water partition coefficient (Wildman–Crippen LogP) is 1.96. The Morgan fingerprint density at radius 2 is 1.88 bits per heavy atom. The monoisotopic (exact) mass is 243 g/mol. The van der Waals surface area contributed by atoms with Gasteiger partial charge in [-0.1, -0.05) is 12.1 Å². The van der Waals surface area contributed by atoms with Gasteiger partial charge in [-0.2, -0.15) is 0 Å². The van der Waals surface area contributed by atoms with Crippen LogP contribution in [-0.2, 0) is 9.84 Å². The van der Waals surface area contributed by atoms with E-state index in [2.05, 4.69) is 5.32 Å². The molecule has 0 heterocycles. The van der Waals surface area contributed by atoms with Crippen LogP contribution in [0.4, 0.5) is 10.5 Å². The molecule has 1 aromatic carbocycles. The van der Waals surface area contributed by atoms with Gasteiger partial charge in [0.25, 0.3) is 0 Å². The molecule has 6 heteroatoms. The van der Waals surface area contributed by atoms with Crippen molar-refractivity contribution >= 4 is 21.6 Å². The van der Waals surface area contributed by atoms with E-state index in [1.54, 1.807) is 26.0 Å². The van der Waals surface area contributed by atoms with E-state index in [0.29, 0.717) is 0 Å². The number of rotatable bonds is 3. The van der Waals surface area contributed by atoms with Crippen LogP contribution in [0.15, 0.2) is 29.2 Å². The average molecular weight is 243 g/mol. The second-order valence-corrected chi connectivity index (χ2v) is 5.99. The molecule has 0 unspecified atom stereocenters. The van der Waals surface area contributed by atoms with E-state index in [9.17, 15) is 13.2 Å². The van der Waals surface area contributed by atoms with Crippen LogP contribution in [0.3, 0.4) is 0 Å². The highest BCUT2D eigenvalue weighted by Crippen LogP contribution is 2.24. The minimum Gasteiger partial charge on any atom is -0.465 e. The average Bonchev–Trinajstić information content (AvgIpc) is 2.17. The van der Waals surface area contributed by atoms with E-state index >= 15 is 0 Å². The van der Waals surface area contributed by atoms with Gasteiger partial charge in [0.15, 0.2) is 9.84 Å². The Kier molecular flexibility index (Phi) is 3.54. The maximum absolute atomic E-state index is 11.9. The third-order valence-electron chi connectivity index (χ3n) is 2.06. The number of anilines is 1. The van der Waals surface area contributed by atoms with Crippen LogP contribution in [0, 0.1) is 0 Å². The van der Waals surface area contributed by atoms with Crippen molar-refractivity contribution in [1.29, 1.82) is 0 Å². The molecule has 0 aromatic heterocycles. The Bertz CT molecular complexity index is 493. The first-order valence-corrected chi connectivity index (χ1v) is 6.23. The molecule has 0 saturated carbocycles. The number of hydrogen-bond donors (Lipinski definition) is 2. The van der Waals surface area contributed by atoms with Gasteiger partial charge in [-0.3, -0.25) is 5.32 Å². The Balaban J connectivity index is 3.29. The number of carboxylic acid groups (broad SMARTS) is 1. The third kappa shape index (κ3) is 2.52. The largest absolute Gasteiger partial charge is 0.465 e. The number of carbonyl (C=O) groups is 1. The minimum absolute atomic E-state index is 0.00685. The van der Waals surface area contributed by atoms with Crippen LogP contribution < -0.4 is 5.32 Å². The molecule has 0 atom stereocenters. The van der Waals surface area contributed by atoms with E-state index in [0.717, 1.165) is 0 Å². The third-order valence-corrected chi connectivity index (χ3v) is 4.27. The molecule has 0 aliphatic rings. The van der Waals surface area contributed by atoms with Gasteiger partial charge in [-0.15, -0.1) is 0 Å². The molecule has 0 fully saturated rings. The second kappa shape index (κ2) is 4.52. The van der Waals surface area contributed by atoms with Gasteiger partial charge >= 0.3 is 6.09 Å². The molecule has 1 aromatic rings. The Labute approximate surface area is 94.0 Å². The van der Waals surface area contributed by atoms with Crippen LogP contribution in [0.2, 0.25) is 0 Å². The van der Waals surface area contributed by atoms with E-state index in [1.807, 2.05) is 0 Å². The lowest BCUT2D eigenvalue weighted by Gasteiger charge is -2.12. The highest BCUT2D eigenvalue weighted by atomic mass is 32.2. The zero-order valence-electron chi connectivity index (χ0n) is 8.97. The summed E-state index contributed by atoms with van der Waals surface area (Å²) in [6.45, 7) is 3.10. The molecule has 2 N–H and O–H groups in total. The molecule has 0 radical (unpaired) electrons. The fraction of sp³-hybridized carbons (Fsp3) is 0.300. The lowest BCUT2D eigenvalue weighted by atomic mass is 10.3. The SMILES string of the molecule is CC(C)S(=O)(=O)c1ccccc1NC(=O)O. The van der Waals surface area contributed by atoms with Crippen LogP contribution >= 0.6 is 0 Å². The summed E-state index contributed by atoms with van der Waals surface area (Å²) in [6.07, 6.45) is -1.29. The molecule has 0 aliphatic heterocycles. The predicted molar refractivity (Wildman–Crippen MR) is 60.4 cm³/mol. The summed E-state index contributed by atoms with van der Waals surface area (Å²) in [7, 11) is -3.48. The quantitative estimate of drug-likeness (QED) is 0.850. The van der Waals surface area contributed by atoms with Crippen molar-refractivity contribution < 1.29 is 18.3 Å². The molecule has 5 nitrogen and oxygen atoms in total. The molecule has 1 rings (SSSR count). The highest BCUT2D eigenvalue weighted by Gasteiger charge is 2.22. The van der Waals surface area contributed by atoms with E-state index in [1.165, 1.54) is 12.1 Å². The second-order valence-electron chi connectivity index (χ2n) is 3.52. The molecule has 1 amide bonds. The normalized spacial score (nSPS) is 11.4. The maximum atomic E-state index is 11.9. The first kappa shape index (κ1) is 12.5. The van der Waals surface area contributed by atoms with Gasteiger partial charge in [-0.05, 0) is 26.0 Å². The molecular weight excluding hydrogens is 230 g/mol. The number of hydrogen-bond acceptors (Lipinski definition) is 3. The standard InChI is InChI=1S/C10H13NO4S/c1-7(2)16(14,15)9-6-4-3-5-8(9)11-10(12)13/h3-7,11H,1-2H3,(H,12,13). The summed E-state index contributed by atoms with van der Waals surface area (Å²) < 4.78 is 23.8. The van der Waals surface area contributed by atoms with E-state index in [4.69, 9.17) is 5.11 Å². The smallest absolute Gasteiger partial charge is 0.409 e. The number of nitrogens with one attached hydrogen (secondary N) is 1. The van der Waals surface area contributed by atoms with Crippen molar-refractivity contribution in [3.8, 4) is 0 Å². The Morgan fingerprint density at radius 3 is 2.38 bits per heavy atom. The summed E-state index contributed by atoms with van der Waals surface area (Å²) in [5.41, 5.74) is 0.0868. The van der Waals surface area contributed by atoms with Gasteiger partial charge in [0.05, 0.1) is 15.8 Å². The van der Waals surface area contributed by atoms with Crippen molar-refractivity contribution in [3.05, 3.63) is 24.3 Å². The van der Waals surface area contributed by atoms with Gasteiger partial charge in [0.1, 0.15) is 0 Å². The zero-order chi connectivity index (χ0) is 12.3. The van der Waals surface area contributed by atoms with Crippen LogP contribution in [-0.4, -0.2) is 24.9 Å². The van der Waals surface area contributed by atoms with Crippen molar-refractivity contribution in [1.82, 2.24) is 0 Å². The fourth-order valence-corrected chi connectivity index (χ4v) is 2.39. The lowest BCUT2D eigenvalue weighted by molar-refractivity contribution is 0.209. The summed E-state index contributed by atoms with van der Waals surface area (Å²) in [5, 5.41) is 10.1. The van der Waals surface area contributed by atoms with Crippen LogP contribution in [0.25, 0.3) is 0 Å². The Morgan fingerprint density at radius 1 is 1.31 bits per heavy atom. The van der Waals surface area contributed by atoms with E-state index < -0.39 is 21.2 Å². The number of para-hydroxylation sites is 1. The first-order valence-electron chi connectivity index (χ1n) is 4.68. The number of amides is 1. The maximum Gasteiger partial charge on any atom is 0.409 e. The molecule has 0 saturated heterocycles. The van der Waals surface area contributed by atoms with Crippen molar-refractivity contribution in [2.24, 2.45) is 0 Å². The van der Waals surface area contributed by atoms with Crippen LogP contribution in [0.5, 0.6) is 0 Å². The molecular formula is C10H13NO4S. The fourth-order valence-electron chi connectivity index (χ4n) is 1.19. The topological polar surface area (TPSA) is 83.5 Å². The zero-order valence-corrected chi connectivity index (χ0v) is 9.78. The highest BCUT2D eigenvalue weighted by molar-refractivity contribution is 7.92. The van der Waals surface area contributed by atoms with Gasteiger partial charge in [-0.25, -0.2) is 13.2 Å². The van der Waals surface area contributed by atoms with Gasteiger partial charge in [0.2, 0.25) is 0 Å². The van der Waals surface area contributed by atoms with Crippen molar-refractivity contribution in [2.45, 2.75) is 24.0 Å². The van der Waals surface area contributed by atoms with Gasteiger partial charge in [0, 0.05) is 0 Å². The first-order chi connectivity index (χ1) is 7.35. The molecule has 0 aliphatic carbocycles. The number of benzene rings is 1. The lowest BCUT2D eigenvalue weighted by Crippen LogP contribution is -2.17. The van der Waals surface area contributed by atoms with E-state index in [-0.39, 0.29) is 10.6 Å². The molecule has 88 valence electrons. The van der Waals surface area contributed by atoms with Crippen molar-refractivity contribution in [3.63, 3.8) is 0 Å². The summed E-state index contributed by atoms with van der Waals surface area (Å²) in [4.78, 5) is 10.5. The minimum atomic E-state index is -3.48.